The van der Waals surface area contributed by atoms with Crippen LogP contribution in [0.3, 0.4) is 0 Å². The molecule has 0 aromatic rings. The third kappa shape index (κ3) is 9.45. The van der Waals surface area contributed by atoms with E-state index < -0.39 is 36.1 Å². The molecule has 0 fully saturated rings. The Morgan fingerprint density at radius 1 is 1.06 bits per heavy atom. The minimum atomic E-state index is -0.968. The zero-order valence-electron chi connectivity index (χ0n) is 20.9. The number of carboxylic acids is 1. The molecule has 0 unspecified atom stereocenters. The van der Waals surface area contributed by atoms with E-state index in [-0.39, 0.29) is 24.2 Å². The molecule has 0 bridgehead atoms. The topological polar surface area (TPSA) is 104 Å². The highest BCUT2D eigenvalue weighted by Crippen LogP contribution is 2.26. The van der Waals surface area contributed by atoms with E-state index in [0.717, 1.165) is 24.0 Å². The van der Waals surface area contributed by atoms with E-state index in [1.165, 1.54) is 0 Å². The predicted molar refractivity (Wildman–Crippen MR) is 126 cm³/mol. The Kier molecular flexibility index (Phi) is 11.7. The maximum atomic E-state index is 12.7. The average Bonchev–Trinajstić information content (AvgIpc) is 2.68. The smallest absolute Gasteiger partial charge is 0.309 e. The first-order chi connectivity index (χ1) is 14.8. The number of hydrogen-bond acceptors (Lipinski definition) is 5. The Bertz CT molecular complexity index is 682. The van der Waals surface area contributed by atoms with E-state index in [0.29, 0.717) is 18.8 Å². The summed E-state index contributed by atoms with van der Waals surface area (Å²) in [5.74, 6) is -2.17. The van der Waals surface area contributed by atoms with Gasteiger partial charge in [0.25, 0.3) is 0 Å². The van der Waals surface area contributed by atoms with Gasteiger partial charge in [-0.25, -0.2) is 0 Å². The van der Waals surface area contributed by atoms with Gasteiger partial charge in [-0.2, -0.15) is 0 Å². The first-order valence-electron chi connectivity index (χ1n) is 12.0. The molecule has 0 radical (unpaired) electrons. The van der Waals surface area contributed by atoms with Crippen LogP contribution in [0.1, 0.15) is 80.6 Å². The van der Waals surface area contributed by atoms with Crippen LogP contribution in [0.15, 0.2) is 23.3 Å². The first kappa shape index (κ1) is 28.4. The highest BCUT2D eigenvalue weighted by atomic mass is 16.5. The SMILES string of the molecule is C/C1=C\[C@H](C)[C@@H](O)C[C@@H](O)/C(C)=C/[C@H](C)C[C@@H](C)CC[C@@H]([C@@H](C)C(=O)O)OC(=O)[C@@H](C)C1. The number of aliphatic hydroxyl groups is 2. The molecule has 0 spiro atoms. The predicted octanol–water partition coefficient (Wildman–Crippen LogP) is 4.74. The van der Waals surface area contributed by atoms with Crippen LogP contribution in [0.5, 0.6) is 0 Å². The number of aliphatic carboxylic acids is 1. The molecule has 32 heavy (non-hydrogen) atoms. The molecule has 1 aliphatic rings. The Hall–Kier alpha value is -1.66. The number of allylic oxidation sites excluding steroid dienone is 2. The van der Waals surface area contributed by atoms with E-state index in [1.807, 2.05) is 26.8 Å². The van der Waals surface area contributed by atoms with Gasteiger partial charge in [0, 0.05) is 12.3 Å². The van der Waals surface area contributed by atoms with Crippen molar-refractivity contribution in [2.75, 3.05) is 0 Å². The lowest BCUT2D eigenvalue weighted by Gasteiger charge is -2.26. The van der Waals surface area contributed by atoms with Crippen LogP contribution in [-0.4, -0.2) is 45.6 Å². The van der Waals surface area contributed by atoms with Crippen LogP contribution < -0.4 is 0 Å². The summed E-state index contributed by atoms with van der Waals surface area (Å²) in [7, 11) is 0. The number of cyclic esters (lactones) is 1. The van der Waals surface area contributed by atoms with Crippen molar-refractivity contribution in [1.82, 2.24) is 0 Å². The minimum Gasteiger partial charge on any atom is -0.481 e. The Morgan fingerprint density at radius 3 is 2.28 bits per heavy atom. The summed E-state index contributed by atoms with van der Waals surface area (Å²) in [4.78, 5) is 24.3. The second-order valence-electron chi connectivity index (χ2n) is 10.2. The number of esters is 1. The van der Waals surface area contributed by atoms with Gasteiger partial charge in [-0.1, -0.05) is 45.4 Å². The second-order valence-corrected chi connectivity index (χ2v) is 10.2. The zero-order chi connectivity index (χ0) is 24.6. The van der Waals surface area contributed by atoms with Crippen molar-refractivity contribution in [2.24, 2.45) is 29.6 Å². The maximum absolute atomic E-state index is 12.7. The lowest BCUT2D eigenvalue weighted by atomic mass is 9.88. The highest BCUT2D eigenvalue weighted by molar-refractivity contribution is 5.74. The molecular formula is C26H44O6. The van der Waals surface area contributed by atoms with E-state index in [9.17, 15) is 24.9 Å². The lowest BCUT2D eigenvalue weighted by molar-refractivity contribution is -0.161. The van der Waals surface area contributed by atoms with Gasteiger partial charge in [0.15, 0.2) is 0 Å². The van der Waals surface area contributed by atoms with E-state index in [2.05, 4.69) is 19.9 Å². The van der Waals surface area contributed by atoms with Gasteiger partial charge >= 0.3 is 11.9 Å². The van der Waals surface area contributed by atoms with Gasteiger partial charge < -0.3 is 20.1 Å². The number of ether oxygens (including phenoxy) is 1. The molecule has 1 aliphatic heterocycles. The molecule has 0 aliphatic carbocycles. The van der Waals surface area contributed by atoms with E-state index in [4.69, 9.17) is 4.74 Å². The van der Waals surface area contributed by atoms with Crippen LogP contribution in [-0.2, 0) is 14.3 Å². The van der Waals surface area contributed by atoms with Crippen LogP contribution in [0.25, 0.3) is 0 Å². The molecule has 3 N–H and O–H groups in total. The molecule has 1 heterocycles. The van der Waals surface area contributed by atoms with Crippen molar-refractivity contribution in [1.29, 1.82) is 0 Å². The summed E-state index contributed by atoms with van der Waals surface area (Å²) < 4.78 is 5.69. The quantitative estimate of drug-likeness (QED) is 0.413. The van der Waals surface area contributed by atoms with Crippen molar-refractivity contribution in [2.45, 2.75) is 98.9 Å². The fourth-order valence-corrected chi connectivity index (χ4v) is 4.49. The van der Waals surface area contributed by atoms with Crippen LogP contribution >= 0.6 is 0 Å². The van der Waals surface area contributed by atoms with Crippen molar-refractivity contribution >= 4 is 11.9 Å². The number of rotatable bonds is 2. The average molecular weight is 453 g/mol. The van der Waals surface area contributed by atoms with Crippen LogP contribution in [0, 0.1) is 29.6 Å². The number of carbonyl (C=O) groups is 2. The first-order valence-corrected chi connectivity index (χ1v) is 12.0. The molecule has 0 amide bonds. The molecule has 184 valence electrons. The Labute approximate surface area is 193 Å². The van der Waals surface area contributed by atoms with E-state index in [1.54, 1.807) is 13.8 Å². The fourth-order valence-electron chi connectivity index (χ4n) is 4.49. The number of hydrogen-bond donors (Lipinski definition) is 3. The molecule has 6 nitrogen and oxygen atoms in total. The van der Waals surface area contributed by atoms with Gasteiger partial charge in [0.05, 0.1) is 24.0 Å². The normalized spacial score (nSPS) is 38.8. The van der Waals surface area contributed by atoms with Crippen molar-refractivity contribution < 1.29 is 29.6 Å². The molecule has 0 aromatic carbocycles. The lowest BCUT2D eigenvalue weighted by Crippen LogP contribution is -2.33. The zero-order valence-corrected chi connectivity index (χ0v) is 20.9. The van der Waals surface area contributed by atoms with Gasteiger partial charge in [0.1, 0.15) is 6.10 Å². The summed E-state index contributed by atoms with van der Waals surface area (Å²) >= 11 is 0. The van der Waals surface area contributed by atoms with Gasteiger partial charge in [-0.15, -0.1) is 0 Å². The van der Waals surface area contributed by atoms with Gasteiger partial charge in [-0.05, 0) is 63.9 Å². The third-order valence-corrected chi connectivity index (χ3v) is 6.66. The summed E-state index contributed by atoms with van der Waals surface area (Å²) in [5, 5.41) is 30.6. The van der Waals surface area contributed by atoms with Crippen molar-refractivity contribution in [3.05, 3.63) is 23.3 Å². The Morgan fingerprint density at radius 2 is 1.69 bits per heavy atom. The number of aliphatic hydroxyl groups excluding tert-OH is 2. The van der Waals surface area contributed by atoms with Gasteiger partial charge in [0.2, 0.25) is 0 Å². The molecule has 8 atom stereocenters. The maximum Gasteiger partial charge on any atom is 0.309 e. The summed E-state index contributed by atoms with van der Waals surface area (Å²) in [6.07, 6.45) is 4.80. The Balaban J connectivity index is 3.15. The molecule has 0 saturated heterocycles. The summed E-state index contributed by atoms with van der Waals surface area (Å²) in [6.45, 7) is 13.3. The van der Waals surface area contributed by atoms with Crippen LogP contribution in [0.2, 0.25) is 0 Å². The second kappa shape index (κ2) is 13.1. The number of carboxylic acid groups (broad SMARTS) is 1. The molecule has 1 rings (SSSR count). The molecule has 6 heteroatoms. The molecule has 0 aromatic heterocycles. The summed E-state index contributed by atoms with van der Waals surface area (Å²) in [6, 6.07) is 0. The van der Waals surface area contributed by atoms with Crippen molar-refractivity contribution in [3.63, 3.8) is 0 Å². The minimum absolute atomic E-state index is 0.170. The van der Waals surface area contributed by atoms with Gasteiger partial charge in [-0.3, -0.25) is 9.59 Å². The highest BCUT2D eigenvalue weighted by Gasteiger charge is 2.30. The largest absolute Gasteiger partial charge is 0.481 e. The number of carbonyl (C=O) groups excluding carboxylic acids is 1. The fraction of sp³-hybridized carbons (Fsp3) is 0.769. The monoisotopic (exact) mass is 452 g/mol. The standard InChI is InChI=1S/C26H44O6/c1-15-8-9-24(21(7)25(29)30)32-26(31)20(6)13-17(3)12-19(5)23(28)14-22(27)18(4)11-16(2)10-15/h11-12,15-16,19-24,27-28H,8-10,13-14H2,1-7H3,(H,29,30)/b17-12+,18-11+/t15-,16+,19-,20-,21+,22+,23-,24-/m0/s1. The van der Waals surface area contributed by atoms with Crippen molar-refractivity contribution in [3.8, 4) is 0 Å². The van der Waals surface area contributed by atoms with E-state index >= 15 is 0 Å². The third-order valence-electron chi connectivity index (χ3n) is 6.66. The summed E-state index contributed by atoms with van der Waals surface area (Å²) in [5.41, 5.74) is 1.81. The molecule has 0 saturated carbocycles. The van der Waals surface area contributed by atoms with Crippen LogP contribution in [0.4, 0.5) is 0 Å². The molecular weight excluding hydrogens is 408 g/mol.